The van der Waals surface area contributed by atoms with Gasteiger partial charge in [0.2, 0.25) is 0 Å². The molecular weight excluding hydrogens is 374 g/mol. The minimum atomic E-state index is -1.62. The summed E-state index contributed by atoms with van der Waals surface area (Å²) in [6.45, 7) is 2.40. The van der Waals surface area contributed by atoms with Gasteiger partial charge >= 0.3 is 7.12 Å². The van der Waals surface area contributed by atoms with Gasteiger partial charge in [0.1, 0.15) is 5.82 Å². The van der Waals surface area contributed by atoms with Gasteiger partial charge in [-0.25, -0.2) is 4.39 Å². The van der Waals surface area contributed by atoms with Crippen LogP contribution in [-0.4, -0.2) is 49.4 Å². The molecule has 1 aliphatic rings. The van der Waals surface area contributed by atoms with E-state index in [2.05, 4.69) is 5.32 Å². The van der Waals surface area contributed by atoms with Gasteiger partial charge in [-0.15, -0.1) is 0 Å². The molecule has 3 aromatic rings. The summed E-state index contributed by atoms with van der Waals surface area (Å²) in [6, 6.07) is 14.5. The summed E-state index contributed by atoms with van der Waals surface area (Å²) in [5, 5.41) is 23.2. The molecule has 4 rings (SSSR count). The van der Waals surface area contributed by atoms with Crippen LogP contribution in [0.1, 0.15) is 10.4 Å². The Balaban J connectivity index is 1.65. The van der Waals surface area contributed by atoms with Gasteiger partial charge in [-0.1, -0.05) is 30.3 Å². The SMILES string of the molecule is O=C(Nc1ccc(B(O)O)c2ccccc12)c1cc(F)cc(N2CCOCC2)c1. The predicted molar refractivity (Wildman–Crippen MR) is 111 cm³/mol. The van der Waals surface area contributed by atoms with Crippen LogP contribution in [0.15, 0.2) is 54.6 Å². The number of nitrogens with one attached hydrogen (secondary N) is 1. The average Bonchev–Trinajstić information content (AvgIpc) is 2.74. The summed E-state index contributed by atoms with van der Waals surface area (Å²) in [7, 11) is -1.62. The van der Waals surface area contributed by atoms with E-state index in [1.165, 1.54) is 12.1 Å². The molecule has 0 aromatic heterocycles. The molecule has 0 atom stereocenters. The van der Waals surface area contributed by atoms with Crippen molar-refractivity contribution >= 4 is 40.6 Å². The van der Waals surface area contributed by atoms with Crippen molar-refractivity contribution in [1.82, 2.24) is 0 Å². The fourth-order valence-electron chi connectivity index (χ4n) is 3.56. The number of halogens is 1. The van der Waals surface area contributed by atoms with Crippen molar-refractivity contribution in [3.05, 3.63) is 66.0 Å². The topological polar surface area (TPSA) is 82.0 Å². The summed E-state index contributed by atoms with van der Waals surface area (Å²) in [5.74, 6) is -0.927. The number of hydrogen-bond donors (Lipinski definition) is 3. The molecule has 0 unspecified atom stereocenters. The van der Waals surface area contributed by atoms with Crippen LogP contribution in [0.2, 0.25) is 0 Å². The number of amides is 1. The molecule has 8 heteroatoms. The Morgan fingerprint density at radius 2 is 1.76 bits per heavy atom. The molecule has 0 radical (unpaired) electrons. The van der Waals surface area contributed by atoms with Crippen molar-refractivity contribution in [2.45, 2.75) is 0 Å². The first-order chi connectivity index (χ1) is 14.0. The highest BCUT2D eigenvalue weighted by atomic mass is 19.1. The van der Waals surface area contributed by atoms with Gasteiger partial charge in [-0.05, 0) is 35.1 Å². The smallest absolute Gasteiger partial charge is 0.423 e. The van der Waals surface area contributed by atoms with Crippen molar-refractivity contribution in [2.75, 3.05) is 36.5 Å². The molecule has 0 spiro atoms. The molecule has 148 valence electrons. The molecule has 0 saturated carbocycles. The summed E-state index contributed by atoms with van der Waals surface area (Å²) in [4.78, 5) is 14.8. The number of carbonyl (C=O) groups is 1. The number of ether oxygens (including phenoxy) is 1. The third-order valence-corrected chi connectivity index (χ3v) is 5.01. The number of carbonyl (C=O) groups excluding carboxylic acids is 1. The lowest BCUT2D eigenvalue weighted by atomic mass is 9.77. The number of benzene rings is 3. The van der Waals surface area contributed by atoms with Crippen LogP contribution in [0.4, 0.5) is 15.8 Å². The van der Waals surface area contributed by atoms with Gasteiger partial charge < -0.3 is 25.0 Å². The van der Waals surface area contributed by atoms with Crippen molar-refractivity contribution in [2.24, 2.45) is 0 Å². The van der Waals surface area contributed by atoms with Crippen molar-refractivity contribution < 1.29 is 24.0 Å². The minimum absolute atomic E-state index is 0.210. The fourth-order valence-corrected chi connectivity index (χ4v) is 3.56. The third kappa shape index (κ3) is 4.09. The van der Waals surface area contributed by atoms with Crippen LogP contribution < -0.4 is 15.7 Å². The number of anilines is 2. The normalized spacial score (nSPS) is 14.1. The number of rotatable bonds is 4. The Morgan fingerprint density at radius 3 is 2.48 bits per heavy atom. The zero-order valence-electron chi connectivity index (χ0n) is 15.6. The van der Waals surface area contributed by atoms with Gasteiger partial charge in [-0.3, -0.25) is 4.79 Å². The minimum Gasteiger partial charge on any atom is -0.423 e. The molecule has 1 amide bonds. The van der Waals surface area contributed by atoms with Crippen LogP contribution in [0.3, 0.4) is 0 Å². The molecule has 0 aliphatic carbocycles. The first-order valence-corrected chi connectivity index (χ1v) is 9.35. The van der Waals surface area contributed by atoms with E-state index in [0.717, 1.165) is 0 Å². The zero-order chi connectivity index (χ0) is 20.4. The van der Waals surface area contributed by atoms with Crippen molar-refractivity contribution in [3.8, 4) is 0 Å². The summed E-state index contributed by atoms with van der Waals surface area (Å²) < 4.78 is 19.5. The molecule has 0 bridgehead atoms. The lowest BCUT2D eigenvalue weighted by Gasteiger charge is -2.29. The Bertz CT molecular complexity index is 1050. The van der Waals surface area contributed by atoms with E-state index >= 15 is 0 Å². The van der Waals surface area contributed by atoms with Crippen molar-refractivity contribution in [1.29, 1.82) is 0 Å². The largest absolute Gasteiger partial charge is 0.489 e. The Morgan fingerprint density at radius 1 is 1.03 bits per heavy atom. The third-order valence-electron chi connectivity index (χ3n) is 5.01. The van der Waals surface area contributed by atoms with Crippen LogP contribution in [0.5, 0.6) is 0 Å². The average molecular weight is 394 g/mol. The summed E-state index contributed by atoms with van der Waals surface area (Å²) in [6.07, 6.45) is 0. The first-order valence-electron chi connectivity index (χ1n) is 9.35. The lowest BCUT2D eigenvalue weighted by Crippen LogP contribution is -2.36. The maximum atomic E-state index is 14.2. The zero-order valence-corrected chi connectivity index (χ0v) is 15.6. The molecule has 29 heavy (non-hydrogen) atoms. The Labute approximate surface area is 167 Å². The monoisotopic (exact) mass is 394 g/mol. The number of morpholine rings is 1. The number of fused-ring (bicyclic) bond motifs is 1. The van der Waals surface area contributed by atoms with Crippen LogP contribution in [0.25, 0.3) is 10.8 Å². The van der Waals surface area contributed by atoms with Crippen molar-refractivity contribution in [3.63, 3.8) is 0 Å². The highest BCUT2D eigenvalue weighted by molar-refractivity contribution is 6.62. The standard InChI is InChI=1S/C21H20BFN2O4/c23-15-11-14(12-16(13-15)25-7-9-29-10-8-25)21(26)24-20-6-5-19(22(27)28)17-3-1-2-4-18(17)20/h1-6,11-13,27-28H,7-10H2,(H,24,26). The van der Waals surface area contributed by atoms with Gasteiger partial charge in [0.05, 0.1) is 13.2 Å². The molecule has 1 fully saturated rings. The molecular formula is C21H20BFN2O4. The summed E-state index contributed by atoms with van der Waals surface area (Å²) in [5.41, 5.74) is 1.70. The number of nitrogens with zero attached hydrogens (tertiary/aromatic N) is 1. The van der Waals surface area contributed by atoms with E-state index in [1.807, 2.05) is 4.90 Å². The highest BCUT2D eigenvalue weighted by Gasteiger charge is 2.19. The number of hydrogen-bond acceptors (Lipinski definition) is 5. The van der Waals surface area contributed by atoms with Gasteiger partial charge in [0, 0.05) is 35.4 Å². The maximum absolute atomic E-state index is 14.2. The lowest BCUT2D eigenvalue weighted by molar-refractivity contribution is 0.102. The molecule has 6 nitrogen and oxygen atoms in total. The molecule has 1 saturated heterocycles. The second kappa shape index (κ2) is 8.20. The van der Waals surface area contributed by atoms with Gasteiger partial charge in [0.15, 0.2) is 0 Å². The molecule has 1 heterocycles. The first kappa shape index (κ1) is 19.4. The van der Waals surface area contributed by atoms with E-state index in [9.17, 15) is 19.2 Å². The summed E-state index contributed by atoms with van der Waals surface area (Å²) >= 11 is 0. The van der Waals surface area contributed by atoms with Crippen LogP contribution >= 0.6 is 0 Å². The van der Waals surface area contributed by atoms with E-state index in [-0.39, 0.29) is 5.56 Å². The second-order valence-corrected chi connectivity index (χ2v) is 6.87. The maximum Gasteiger partial charge on any atom is 0.489 e. The quantitative estimate of drug-likeness (QED) is 0.588. The van der Waals surface area contributed by atoms with Crippen LogP contribution in [0, 0.1) is 5.82 Å². The Kier molecular flexibility index (Phi) is 5.48. The van der Waals surface area contributed by atoms with E-state index in [4.69, 9.17) is 4.74 Å². The highest BCUT2D eigenvalue weighted by Crippen LogP contribution is 2.24. The predicted octanol–water partition coefficient (Wildman–Crippen LogP) is 1.75. The Hall–Kier alpha value is -2.94. The molecule has 1 aliphatic heterocycles. The van der Waals surface area contributed by atoms with E-state index in [1.54, 1.807) is 42.5 Å². The van der Waals surface area contributed by atoms with Gasteiger partial charge in [0.25, 0.3) is 5.91 Å². The molecule has 3 N–H and O–H groups in total. The van der Waals surface area contributed by atoms with E-state index in [0.29, 0.717) is 53.9 Å². The fraction of sp³-hybridized carbons (Fsp3) is 0.190. The van der Waals surface area contributed by atoms with Crippen LogP contribution in [-0.2, 0) is 4.74 Å². The molecule has 3 aromatic carbocycles. The van der Waals surface area contributed by atoms with Gasteiger partial charge in [-0.2, -0.15) is 0 Å². The van der Waals surface area contributed by atoms with E-state index < -0.39 is 18.8 Å². The second-order valence-electron chi connectivity index (χ2n) is 6.87.